The van der Waals surface area contributed by atoms with Crippen LogP contribution in [-0.4, -0.2) is 88.9 Å². The highest BCUT2D eigenvalue weighted by Crippen LogP contribution is 2.34. The average molecular weight is 368 g/mol. The van der Waals surface area contributed by atoms with Crippen molar-refractivity contribution < 1.29 is 20.1 Å². The molecule has 0 radical (unpaired) electrons. The number of aliphatic hydroxyl groups excluding tert-OH is 3. The number of aliphatic hydroxyl groups is 3. The van der Waals surface area contributed by atoms with Gasteiger partial charge in [0.15, 0.2) is 17.7 Å². The molecule has 4 heterocycles. The fourth-order valence-electron chi connectivity index (χ4n) is 3.27. The van der Waals surface area contributed by atoms with Gasteiger partial charge < -0.3 is 25.8 Å². The maximum absolute atomic E-state index is 10.6. The Morgan fingerprint density at radius 1 is 1.20 bits per heavy atom. The molecule has 2 fully saturated rings. The van der Waals surface area contributed by atoms with Crippen molar-refractivity contribution in [2.75, 3.05) is 30.3 Å². The minimum absolute atomic E-state index is 0.221. The van der Waals surface area contributed by atoms with E-state index in [9.17, 15) is 15.3 Å². The summed E-state index contributed by atoms with van der Waals surface area (Å²) in [6.07, 6.45) is -2.58. The highest BCUT2D eigenvalue weighted by molar-refractivity contribution is 7.99. The van der Waals surface area contributed by atoms with Gasteiger partial charge in [0.05, 0.1) is 6.33 Å². The molecule has 0 bridgehead atoms. The molecule has 0 aromatic carbocycles. The number of hydrogen-bond acceptors (Lipinski definition) is 10. The zero-order valence-corrected chi connectivity index (χ0v) is 14.2. The van der Waals surface area contributed by atoms with Crippen LogP contribution in [0.4, 0.5) is 5.82 Å². The van der Waals surface area contributed by atoms with Gasteiger partial charge in [-0.25, -0.2) is 15.0 Å². The Balaban J connectivity index is 1.60. The van der Waals surface area contributed by atoms with Gasteiger partial charge in [0.1, 0.15) is 36.4 Å². The molecular weight excluding hydrogens is 348 g/mol. The topological polar surface area (TPSA) is 143 Å². The lowest BCUT2D eigenvalue weighted by Crippen LogP contribution is -2.51. The van der Waals surface area contributed by atoms with Crippen LogP contribution in [0.25, 0.3) is 11.2 Å². The lowest BCUT2D eigenvalue weighted by atomic mass is 10.1. The molecule has 0 spiro atoms. The Morgan fingerprint density at radius 3 is 2.72 bits per heavy atom. The van der Waals surface area contributed by atoms with Crippen molar-refractivity contribution in [3.8, 4) is 0 Å². The monoisotopic (exact) mass is 368 g/mol. The average Bonchev–Trinajstić information content (AvgIpc) is 3.18. The lowest BCUT2D eigenvalue weighted by Gasteiger charge is -2.34. The summed E-state index contributed by atoms with van der Waals surface area (Å²) < 4.78 is 7.32. The van der Waals surface area contributed by atoms with Crippen molar-refractivity contribution in [2.24, 2.45) is 0 Å². The summed E-state index contributed by atoms with van der Waals surface area (Å²) in [5.74, 6) is 2.04. The van der Waals surface area contributed by atoms with Gasteiger partial charge >= 0.3 is 0 Å². The van der Waals surface area contributed by atoms with Crippen LogP contribution < -0.4 is 5.73 Å². The third-order valence-corrected chi connectivity index (χ3v) is 5.59. The van der Waals surface area contributed by atoms with Gasteiger partial charge in [0.25, 0.3) is 0 Å². The minimum atomic E-state index is -1.23. The molecule has 10 nitrogen and oxygen atoms in total. The molecule has 0 aliphatic carbocycles. The van der Waals surface area contributed by atoms with Gasteiger partial charge in [0.2, 0.25) is 0 Å². The van der Waals surface area contributed by atoms with E-state index >= 15 is 0 Å². The predicted octanol–water partition coefficient (Wildman–Crippen LogP) is -1.61. The van der Waals surface area contributed by atoms with Crippen LogP contribution in [0, 0.1) is 0 Å². The maximum atomic E-state index is 10.6. The largest absolute Gasteiger partial charge is 0.387 e. The van der Waals surface area contributed by atoms with E-state index in [1.807, 2.05) is 16.7 Å². The molecule has 0 amide bonds. The number of aromatic nitrogens is 4. The molecule has 5 atom stereocenters. The van der Waals surface area contributed by atoms with Gasteiger partial charge in [-0.2, -0.15) is 11.8 Å². The summed E-state index contributed by atoms with van der Waals surface area (Å²) in [7, 11) is 0. The predicted molar refractivity (Wildman–Crippen MR) is 90.6 cm³/mol. The maximum Gasteiger partial charge on any atom is 0.167 e. The Kier molecular flexibility index (Phi) is 4.52. The number of fused-ring (bicyclic) bond motifs is 1. The molecule has 2 saturated heterocycles. The number of rotatable bonds is 3. The highest BCUT2D eigenvalue weighted by Gasteiger charge is 2.48. The number of anilines is 1. The van der Waals surface area contributed by atoms with E-state index in [2.05, 4.69) is 15.0 Å². The molecule has 0 saturated carbocycles. The molecule has 136 valence electrons. The summed E-state index contributed by atoms with van der Waals surface area (Å²) in [5, 5.41) is 31.4. The van der Waals surface area contributed by atoms with Crippen LogP contribution in [0.2, 0.25) is 0 Å². The highest BCUT2D eigenvalue weighted by atomic mass is 32.2. The van der Waals surface area contributed by atoms with Crippen LogP contribution in [-0.2, 0) is 4.74 Å². The smallest absolute Gasteiger partial charge is 0.167 e. The fraction of sp³-hybridized carbons (Fsp3) is 0.643. The zero-order valence-electron chi connectivity index (χ0n) is 13.3. The second kappa shape index (κ2) is 6.67. The van der Waals surface area contributed by atoms with E-state index in [0.29, 0.717) is 24.3 Å². The molecule has 11 heteroatoms. The first-order valence-electron chi connectivity index (χ1n) is 8.02. The van der Waals surface area contributed by atoms with E-state index in [4.69, 9.17) is 10.5 Å². The molecule has 5 N–H and O–H groups in total. The Bertz CT molecular complexity index is 754. The summed E-state index contributed by atoms with van der Waals surface area (Å²) in [6.45, 7) is 1.41. The van der Waals surface area contributed by atoms with Crippen LogP contribution in [0.5, 0.6) is 0 Å². The third kappa shape index (κ3) is 2.86. The van der Waals surface area contributed by atoms with Gasteiger partial charge in [-0.15, -0.1) is 0 Å². The first kappa shape index (κ1) is 16.9. The second-order valence-electron chi connectivity index (χ2n) is 6.12. The molecule has 2 aliphatic heterocycles. The third-order valence-electron chi connectivity index (χ3n) is 4.65. The first-order valence-corrected chi connectivity index (χ1v) is 9.18. The first-order chi connectivity index (χ1) is 12.1. The molecule has 4 rings (SSSR count). The Labute approximate surface area is 147 Å². The van der Waals surface area contributed by atoms with Crippen molar-refractivity contribution in [3.63, 3.8) is 0 Å². The number of imidazole rings is 1. The fourth-order valence-corrected chi connectivity index (χ4v) is 4.20. The van der Waals surface area contributed by atoms with E-state index < -0.39 is 30.8 Å². The number of nitrogens with two attached hydrogens (primary N) is 1. The number of thioether (sulfide) groups is 1. The number of nitrogens with zero attached hydrogens (tertiary/aromatic N) is 5. The van der Waals surface area contributed by atoms with Crippen molar-refractivity contribution in [1.29, 1.82) is 0 Å². The van der Waals surface area contributed by atoms with Crippen molar-refractivity contribution >= 4 is 28.7 Å². The standard InChI is InChI=1S/C14H20N6O4S/c15-11-7-12(17-5-16-11)20(6-18-7)14-9(22)8(21)10(24-14)13(23)19-1-3-25-4-2-19/h5-6,8-10,13-14,21-23H,1-4H2,(H2,15,16,17)/t8-,9+,10-,13?,14+/m0/s1. The van der Waals surface area contributed by atoms with Crippen molar-refractivity contribution in [3.05, 3.63) is 12.7 Å². The lowest BCUT2D eigenvalue weighted by molar-refractivity contribution is -0.136. The normalized spacial score (nSPS) is 32.3. The summed E-state index contributed by atoms with van der Waals surface area (Å²) >= 11 is 1.82. The SMILES string of the molecule is Nc1ncnc2c1ncn2[C@@H]1O[C@H](C(O)N2CCSCC2)[C@@H](O)[C@H]1O. The van der Waals surface area contributed by atoms with E-state index in [0.717, 1.165) is 11.5 Å². The molecule has 2 aromatic heterocycles. The van der Waals surface area contributed by atoms with E-state index in [1.165, 1.54) is 17.2 Å². The number of ether oxygens (including phenoxy) is 1. The number of nitrogen functional groups attached to an aromatic ring is 1. The van der Waals surface area contributed by atoms with Gasteiger partial charge in [-0.3, -0.25) is 9.47 Å². The Hall–Kier alpha value is -1.50. The van der Waals surface area contributed by atoms with E-state index in [1.54, 1.807) is 0 Å². The molecular formula is C14H20N6O4S. The van der Waals surface area contributed by atoms with Gasteiger partial charge in [-0.1, -0.05) is 0 Å². The summed E-state index contributed by atoms with van der Waals surface area (Å²) in [6, 6.07) is 0. The van der Waals surface area contributed by atoms with Crippen molar-refractivity contribution in [2.45, 2.75) is 30.8 Å². The molecule has 2 aromatic rings. The zero-order chi connectivity index (χ0) is 17.6. The summed E-state index contributed by atoms with van der Waals surface area (Å²) in [5.41, 5.74) is 6.56. The van der Waals surface area contributed by atoms with E-state index in [-0.39, 0.29) is 5.82 Å². The quantitative estimate of drug-likeness (QED) is 0.500. The number of hydrogen-bond donors (Lipinski definition) is 4. The summed E-state index contributed by atoms with van der Waals surface area (Å²) in [4.78, 5) is 14.0. The van der Waals surface area contributed by atoms with Crippen LogP contribution in [0.1, 0.15) is 6.23 Å². The van der Waals surface area contributed by atoms with Crippen molar-refractivity contribution in [1.82, 2.24) is 24.4 Å². The minimum Gasteiger partial charge on any atom is -0.387 e. The van der Waals surface area contributed by atoms with Crippen LogP contribution >= 0.6 is 11.8 Å². The second-order valence-corrected chi connectivity index (χ2v) is 7.34. The van der Waals surface area contributed by atoms with Gasteiger partial charge in [0, 0.05) is 24.6 Å². The molecule has 1 unspecified atom stereocenters. The molecule has 25 heavy (non-hydrogen) atoms. The van der Waals surface area contributed by atoms with Crippen LogP contribution in [0.3, 0.4) is 0 Å². The van der Waals surface area contributed by atoms with Crippen LogP contribution in [0.15, 0.2) is 12.7 Å². The Morgan fingerprint density at radius 2 is 1.96 bits per heavy atom. The van der Waals surface area contributed by atoms with Gasteiger partial charge in [-0.05, 0) is 0 Å². The molecule has 2 aliphatic rings.